The number of H-pyrrole nitrogens is 1. The lowest BCUT2D eigenvalue weighted by Crippen LogP contribution is -2.18. The highest BCUT2D eigenvalue weighted by Gasteiger charge is 2.19. The van der Waals surface area contributed by atoms with Gasteiger partial charge >= 0.3 is 0 Å². The molecule has 2 N–H and O–H groups in total. The van der Waals surface area contributed by atoms with Crippen molar-refractivity contribution in [2.45, 2.75) is 19.9 Å². The summed E-state index contributed by atoms with van der Waals surface area (Å²) in [6, 6.07) is 13.6. The monoisotopic (exact) mass is 291 g/mol. The molecule has 0 saturated heterocycles. The van der Waals surface area contributed by atoms with Gasteiger partial charge in [-0.2, -0.15) is 5.26 Å². The van der Waals surface area contributed by atoms with E-state index in [1.54, 1.807) is 12.3 Å². The highest BCUT2D eigenvalue weighted by Crippen LogP contribution is 2.25. The van der Waals surface area contributed by atoms with Gasteiger partial charge in [-0.3, -0.25) is 0 Å². The van der Waals surface area contributed by atoms with Crippen molar-refractivity contribution >= 4 is 16.9 Å². The Morgan fingerprint density at radius 2 is 2.00 bits per heavy atom. The number of para-hydroxylation sites is 2. The van der Waals surface area contributed by atoms with Crippen LogP contribution in [0.25, 0.3) is 11.0 Å². The number of fused-ring (bicyclic) bond motifs is 1. The van der Waals surface area contributed by atoms with E-state index in [0.29, 0.717) is 11.5 Å². The van der Waals surface area contributed by atoms with Crippen molar-refractivity contribution in [3.05, 3.63) is 54.0 Å². The van der Waals surface area contributed by atoms with Gasteiger partial charge in [0.2, 0.25) is 0 Å². The number of aromatic nitrogens is 3. The first-order valence-corrected chi connectivity index (χ1v) is 7.24. The zero-order chi connectivity index (χ0) is 15.5. The van der Waals surface area contributed by atoms with E-state index >= 15 is 0 Å². The number of anilines is 1. The fraction of sp³-hybridized carbons (Fsp3) is 0.235. The Balaban J connectivity index is 1.90. The maximum Gasteiger partial charge on any atom is 0.130 e. The molecule has 3 rings (SSSR count). The van der Waals surface area contributed by atoms with Crippen LogP contribution in [0.3, 0.4) is 0 Å². The molecule has 0 radical (unpaired) electrons. The number of aromatic amines is 1. The van der Waals surface area contributed by atoms with Crippen LogP contribution in [-0.4, -0.2) is 15.0 Å². The molecule has 3 aromatic rings. The zero-order valence-corrected chi connectivity index (χ0v) is 12.5. The minimum absolute atomic E-state index is 0.0211. The average molecular weight is 291 g/mol. The summed E-state index contributed by atoms with van der Waals surface area (Å²) in [5.41, 5.74) is 2.53. The second-order valence-electron chi connectivity index (χ2n) is 5.55. The smallest absolute Gasteiger partial charge is 0.130 e. The van der Waals surface area contributed by atoms with Crippen LogP contribution < -0.4 is 5.32 Å². The third-order valence-electron chi connectivity index (χ3n) is 3.56. The molecule has 1 aromatic carbocycles. The standard InChI is InChI=1S/C17H17N5/c1-11(2)16(22-15-8-7-12(9-18)10-19-15)17-20-13-5-3-4-6-14(13)21-17/h3-8,10-11,16H,1-2H3,(H,19,22)(H,20,21)/t16-/m0/s1. The molecule has 0 fully saturated rings. The fourth-order valence-electron chi connectivity index (χ4n) is 2.38. The summed E-state index contributed by atoms with van der Waals surface area (Å²) in [5.74, 6) is 1.96. The predicted molar refractivity (Wildman–Crippen MR) is 86.2 cm³/mol. The average Bonchev–Trinajstić information content (AvgIpc) is 2.96. The zero-order valence-electron chi connectivity index (χ0n) is 12.5. The number of nitrogens with zero attached hydrogens (tertiary/aromatic N) is 3. The molecule has 0 aliphatic carbocycles. The second-order valence-corrected chi connectivity index (χ2v) is 5.55. The van der Waals surface area contributed by atoms with E-state index < -0.39 is 0 Å². The van der Waals surface area contributed by atoms with E-state index in [9.17, 15) is 0 Å². The number of nitriles is 1. The van der Waals surface area contributed by atoms with Gasteiger partial charge in [-0.05, 0) is 30.2 Å². The number of pyridine rings is 1. The Kier molecular flexibility index (Phi) is 3.75. The Morgan fingerprint density at radius 1 is 1.18 bits per heavy atom. The molecular formula is C17H17N5. The molecule has 2 heterocycles. The van der Waals surface area contributed by atoms with Gasteiger partial charge in [-0.1, -0.05) is 26.0 Å². The number of hydrogen-bond acceptors (Lipinski definition) is 4. The summed E-state index contributed by atoms with van der Waals surface area (Å²) in [6.07, 6.45) is 1.57. The summed E-state index contributed by atoms with van der Waals surface area (Å²) < 4.78 is 0. The molecule has 0 saturated carbocycles. The number of rotatable bonds is 4. The molecule has 0 spiro atoms. The molecule has 1 atom stereocenters. The van der Waals surface area contributed by atoms with Crippen LogP contribution >= 0.6 is 0 Å². The minimum atomic E-state index is 0.0211. The van der Waals surface area contributed by atoms with Gasteiger partial charge < -0.3 is 10.3 Å². The Bertz CT molecular complexity index is 778. The Hall–Kier alpha value is -2.87. The van der Waals surface area contributed by atoms with Gasteiger partial charge in [-0.25, -0.2) is 9.97 Å². The molecule has 5 heteroatoms. The Morgan fingerprint density at radius 3 is 2.64 bits per heavy atom. The van der Waals surface area contributed by atoms with Crippen LogP contribution in [-0.2, 0) is 0 Å². The van der Waals surface area contributed by atoms with Crippen LogP contribution in [0, 0.1) is 17.2 Å². The Labute approximate surface area is 129 Å². The van der Waals surface area contributed by atoms with Gasteiger partial charge in [0.25, 0.3) is 0 Å². The lowest BCUT2D eigenvalue weighted by atomic mass is 10.0. The predicted octanol–water partition coefficient (Wildman–Crippen LogP) is 3.64. The third-order valence-corrected chi connectivity index (χ3v) is 3.56. The third kappa shape index (κ3) is 2.77. The van der Waals surface area contributed by atoms with Gasteiger partial charge in [0.05, 0.1) is 22.6 Å². The lowest BCUT2D eigenvalue weighted by molar-refractivity contribution is 0.525. The van der Waals surface area contributed by atoms with E-state index in [1.807, 2.05) is 30.3 Å². The summed E-state index contributed by atoms with van der Waals surface area (Å²) in [5, 5.41) is 12.2. The molecular weight excluding hydrogens is 274 g/mol. The van der Waals surface area contributed by atoms with E-state index in [0.717, 1.165) is 22.7 Å². The molecule has 0 aliphatic rings. The first kappa shape index (κ1) is 14.1. The number of benzene rings is 1. The van der Waals surface area contributed by atoms with E-state index in [2.05, 4.69) is 40.2 Å². The van der Waals surface area contributed by atoms with Crippen LogP contribution in [0.5, 0.6) is 0 Å². The molecule has 5 nitrogen and oxygen atoms in total. The fourth-order valence-corrected chi connectivity index (χ4v) is 2.38. The summed E-state index contributed by atoms with van der Waals surface area (Å²) >= 11 is 0. The molecule has 22 heavy (non-hydrogen) atoms. The van der Waals surface area contributed by atoms with Gasteiger partial charge in [0, 0.05) is 6.20 Å². The van der Waals surface area contributed by atoms with Gasteiger partial charge in [0.15, 0.2) is 0 Å². The van der Waals surface area contributed by atoms with Crippen molar-refractivity contribution < 1.29 is 0 Å². The quantitative estimate of drug-likeness (QED) is 0.769. The van der Waals surface area contributed by atoms with Gasteiger partial charge in [-0.15, -0.1) is 0 Å². The van der Waals surface area contributed by atoms with Crippen molar-refractivity contribution in [2.75, 3.05) is 5.32 Å². The van der Waals surface area contributed by atoms with Crippen molar-refractivity contribution in [3.8, 4) is 6.07 Å². The number of hydrogen-bond donors (Lipinski definition) is 2. The maximum absolute atomic E-state index is 8.83. The van der Waals surface area contributed by atoms with Crippen LogP contribution in [0.1, 0.15) is 31.3 Å². The minimum Gasteiger partial charge on any atom is -0.360 e. The lowest BCUT2D eigenvalue weighted by Gasteiger charge is -2.20. The van der Waals surface area contributed by atoms with Crippen LogP contribution in [0.2, 0.25) is 0 Å². The molecule has 0 amide bonds. The second kappa shape index (κ2) is 5.86. The highest BCUT2D eigenvalue weighted by molar-refractivity contribution is 5.74. The number of imidazole rings is 1. The van der Waals surface area contributed by atoms with Crippen molar-refractivity contribution in [1.82, 2.24) is 15.0 Å². The van der Waals surface area contributed by atoms with Crippen molar-refractivity contribution in [2.24, 2.45) is 5.92 Å². The van der Waals surface area contributed by atoms with E-state index in [4.69, 9.17) is 5.26 Å². The van der Waals surface area contributed by atoms with Crippen molar-refractivity contribution in [3.63, 3.8) is 0 Å². The van der Waals surface area contributed by atoms with Crippen molar-refractivity contribution in [1.29, 1.82) is 5.26 Å². The summed E-state index contributed by atoms with van der Waals surface area (Å²) in [4.78, 5) is 12.3. The largest absolute Gasteiger partial charge is 0.360 e. The normalized spacial score (nSPS) is 12.3. The van der Waals surface area contributed by atoms with E-state index in [1.165, 1.54) is 0 Å². The number of nitrogens with one attached hydrogen (secondary N) is 2. The molecule has 0 unspecified atom stereocenters. The first-order chi connectivity index (χ1) is 10.7. The topological polar surface area (TPSA) is 77.4 Å². The molecule has 2 aromatic heterocycles. The molecule has 0 aliphatic heterocycles. The van der Waals surface area contributed by atoms with Crippen LogP contribution in [0.4, 0.5) is 5.82 Å². The molecule has 0 bridgehead atoms. The maximum atomic E-state index is 8.83. The molecule has 110 valence electrons. The van der Waals surface area contributed by atoms with E-state index in [-0.39, 0.29) is 6.04 Å². The summed E-state index contributed by atoms with van der Waals surface area (Å²) in [6.45, 7) is 4.27. The summed E-state index contributed by atoms with van der Waals surface area (Å²) in [7, 11) is 0. The first-order valence-electron chi connectivity index (χ1n) is 7.24. The van der Waals surface area contributed by atoms with Gasteiger partial charge in [0.1, 0.15) is 17.7 Å². The van der Waals surface area contributed by atoms with Crippen LogP contribution in [0.15, 0.2) is 42.6 Å². The SMILES string of the molecule is CC(C)[C@H](Nc1ccc(C#N)cn1)c1nc2ccccc2[nH]1. The highest BCUT2D eigenvalue weighted by atomic mass is 15.1.